The number of aromatic nitrogens is 3. The van der Waals surface area contributed by atoms with Crippen LogP contribution >= 0.6 is 0 Å². The molecule has 0 atom stereocenters. The van der Waals surface area contributed by atoms with Crippen LogP contribution in [-0.2, 0) is 6.54 Å². The van der Waals surface area contributed by atoms with Crippen LogP contribution in [0.1, 0.15) is 33.2 Å². The molecule has 5 aromatic rings. The van der Waals surface area contributed by atoms with Crippen molar-refractivity contribution in [1.82, 2.24) is 25.2 Å². The maximum atomic E-state index is 13.1. The number of fused-ring (bicyclic) bond motifs is 1. The Kier molecular flexibility index (Phi) is 7.68. The van der Waals surface area contributed by atoms with Gasteiger partial charge in [-0.05, 0) is 72.6 Å². The number of rotatable bonds is 9. The molecule has 0 radical (unpaired) electrons. The number of nitrogens with zero attached hydrogens (tertiary/aromatic N) is 3. The van der Waals surface area contributed by atoms with Crippen LogP contribution in [0.4, 0.5) is 16.0 Å². The number of carbonyl (C=O) groups excluding carboxylic acids is 2. The molecule has 2 amide bonds. The second kappa shape index (κ2) is 11.6. The molecule has 5 rings (SSSR count). The van der Waals surface area contributed by atoms with Gasteiger partial charge in [0.25, 0.3) is 11.8 Å². The van der Waals surface area contributed by atoms with Crippen molar-refractivity contribution >= 4 is 29.1 Å². The van der Waals surface area contributed by atoms with Crippen LogP contribution in [0.5, 0.6) is 5.75 Å². The largest absolute Gasteiger partial charge is 0.495 e. The molecular formula is C30H27FN6O3. The summed E-state index contributed by atoms with van der Waals surface area (Å²) in [6.45, 7) is 2.70. The molecule has 9 nitrogen and oxygen atoms in total. The fourth-order valence-electron chi connectivity index (χ4n) is 4.13. The Bertz CT molecular complexity index is 1670. The zero-order chi connectivity index (χ0) is 28.1. The minimum Gasteiger partial charge on any atom is -0.495 e. The van der Waals surface area contributed by atoms with Gasteiger partial charge in [0.15, 0.2) is 5.65 Å². The van der Waals surface area contributed by atoms with Crippen molar-refractivity contribution in [2.45, 2.75) is 13.5 Å². The number of anilines is 2. The monoisotopic (exact) mass is 538 g/mol. The van der Waals surface area contributed by atoms with Crippen molar-refractivity contribution in [2.75, 3.05) is 19.0 Å². The minimum atomic E-state index is -0.313. The third-order valence-corrected chi connectivity index (χ3v) is 6.23. The number of halogens is 1. The predicted molar refractivity (Wildman–Crippen MR) is 150 cm³/mol. The van der Waals surface area contributed by atoms with E-state index in [1.54, 1.807) is 47.0 Å². The van der Waals surface area contributed by atoms with E-state index in [2.05, 4.69) is 26.0 Å². The molecule has 0 bridgehead atoms. The summed E-state index contributed by atoms with van der Waals surface area (Å²) in [7, 11) is 1.53. The summed E-state index contributed by atoms with van der Waals surface area (Å²) >= 11 is 0. The summed E-state index contributed by atoms with van der Waals surface area (Å²) < 4.78 is 20.2. The molecule has 3 aromatic carbocycles. The third kappa shape index (κ3) is 5.91. The SMILES string of the molecule is CCNC(=O)c1ccc(Nc2nc3ccc(-c4ccc(C(=O)NCc5ccc(F)cc5)cc4)cn3n2)c(OC)c1. The van der Waals surface area contributed by atoms with E-state index in [0.29, 0.717) is 47.2 Å². The molecule has 40 heavy (non-hydrogen) atoms. The van der Waals surface area contributed by atoms with Crippen LogP contribution in [0.3, 0.4) is 0 Å². The normalized spacial score (nSPS) is 10.8. The molecule has 0 aliphatic heterocycles. The molecule has 202 valence electrons. The standard InChI is InChI=1S/C30H27FN6O3/c1-3-32-29(39)22-10-14-25(26(16-22)40-2)34-30-35-27-15-11-23(18-37(27)36-30)20-6-8-21(9-7-20)28(38)33-17-19-4-12-24(31)13-5-19/h4-16,18H,3,17H2,1-2H3,(H,32,39)(H,33,38)(H,34,36). The van der Waals surface area contributed by atoms with Gasteiger partial charge in [0.05, 0.1) is 12.8 Å². The molecule has 0 aliphatic rings. The highest BCUT2D eigenvalue weighted by Crippen LogP contribution is 2.28. The van der Waals surface area contributed by atoms with Crippen LogP contribution in [0.15, 0.2) is 85.1 Å². The number of hydrogen-bond acceptors (Lipinski definition) is 6. The highest BCUT2D eigenvalue weighted by atomic mass is 19.1. The zero-order valence-electron chi connectivity index (χ0n) is 21.9. The first-order valence-corrected chi connectivity index (χ1v) is 12.7. The van der Waals surface area contributed by atoms with Gasteiger partial charge in [0.2, 0.25) is 5.95 Å². The fraction of sp³-hybridized carbons (Fsp3) is 0.133. The van der Waals surface area contributed by atoms with Gasteiger partial charge in [-0.25, -0.2) is 8.91 Å². The maximum absolute atomic E-state index is 13.1. The lowest BCUT2D eigenvalue weighted by molar-refractivity contribution is 0.0944. The van der Waals surface area contributed by atoms with Crippen LogP contribution in [0.2, 0.25) is 0 Å². The van der Waals surface area contributed by atoms with Gasteiger partial charge < -0.3 is 20.7 Å². The smallest absolute Gasteiger partial charge is 0.251 e. The molecule has 0 spiro atoms. The van der Waals surface area contributed by atoms with Crippen LogP contribution in [0.25, 0.3) is 16.8 Å². The molecule has 3 N–H and O–H groups in total. The topological polar surface area (TPSA) is 110 Å². The Balaban J connectivity index is 1.28. The van der Waals surface area contributed by atoms with Crippen molar-refractivity contribution in [3.63, 3.8) is 0 Å². The van der Waals surface area contributed by atoms with E-state index in [0.717, 1.165) is 16.7 Å². The van der Waals surface area contributed by atoms with Gasteiger partial charge in [-0.3, -0.25) is 9.59 Å². The minimum absolute atomic E-state index is 0.176. The summed E-state index contributed by atoms with van der Waals surface area (Å²) in [5.41, 5.74) is 4.90. The van der Waals surface area contributed by atoms with E-state index in [9.17, 15) is 14.0 Å². The van der Waals surface area contributed by atoms with Crippen molar-refractivity contribution in [3.8, 4) is 16.9 Å². The second-order valence-electron chi connectivity index (χ2n) is 8.94. The van der Waals surface area contributed by atoms with Crippen LogP contribution in [-0.4, -0.2) is 40.1 Å². The van der Waals surface area contributed by atoms with Crippen molar-refractivity contribution in [1.29, 1.82) is 0 Å². The van der Waals surface area contributed by atoms with Crippen LogP contribution in [0, 0.1) is 5.82 Å². The number of methoxy groups -OCH3 is 1. The molecule has 0 saturated heterocycles. The Labute approximate surface area is 230 Å². The van der Waals surface area contributed by atoms with Gasteiger partial charge in [0, 0.05) is 36.0 Å². The lowest BCUT2D eigenvalue weighted by atomic mass is 10.1. The fourth-order valence-corrected chi connectivity index (χ4v) is 4.13. The highest BCUT2D eigenvalue weighted by molar-refractivity contribution is 5.95. The zero-order valence-corrected chi connectivity index (χ0v) is 21.9. The van der Waals surface area contributed by atoms with Crippen molar-refractivity contribution < 1.29 is 18.7 Å². The molecular weight excluding hydrogens is 511 g/mol. The van der Waals surface area contributed by atoms with E-state index in [1.807, 2.05) is 37.4 Å². The molecule has 0 saturated carbocycles. The Morgan fingerprint density at radius 1 is 0.875 bits per heavy atom. The van der Waals surface area contributed by atoms with Gasteiger partial charge >= 0.3 is 0 Å². The number of nitrogens with one attached hydrogen (secondary N) is 3. The van der Waals surface area contributed by atoms with E-state index < -0.39 is 0 Å². The second-order valence-corrected chi connectivity index (χ2v) is 8.94. The van der Waals surface area contributed by atoms with Crippen molar-refractivity contribution in [2.24, 2.45) is 0 Å². The lowest BCUT2D eigenvalue weighted by Gasteiger charge is -2.10. The molecule has 0 unspecified atom stereocenters. The average Bonchev–Trinajstić information content (AvgIpc) is 3.38. The summed E-state index contributed by atoms with van der Waals surface area (Å²) in [5, 5.41) is 13.3. The van der Waals surface area contributed by atoms with E-state index in [1.165, 1.54) is 19.2 Å². The predicted octanol–water partition coefficient (Wildman–Crippen LogP) is 4.97. The first kappa shape index (κ1) is 26.4. The van der Waals surface area contributed by atoms with Gasteiger partial charge in [0.1, 0.15) is 11.6 Å². The highest BCUT2D eigenvalue weighted by Gasteiger charge is 2.13. The Morgan fingerprint density at radius 3 is 2.30 bits per heavy atom. The summed E-state index contributed by atoms with van der Waals surface area (Å²) in [6.07, 6.45) is 1.85. The summed E-state index contributed by atoms with van der Waals surface area (Å²) in [4.78, 5) is 29.2. The van der Waals surface area contributed by atoms with Gasteiger partial charge in [-0.1, -0.05) is 24.3 Å². The molecule has 2 heterocycles. The molecule has 10 heteroatoms. The number of ether oxygens (including phenoxy) is 1. The average molecular weight is 539 g/mol. The van der Waals surface area contributed by atoms with Gasteiger partial charge in [-0.2, -0.15) is 4.98 Å². The summed E-state index contributed by atoms with van der Waals surface area (Å²) in [5.74, 6) is 0.156. The first-order chi connectivity index (χ1) is 19.4. The quantitative estimate of drug-likeness (QED) is 0.245. The number of benzene rings is 3. The van der Waals surface area contributed by atoms with E-state index in [-0.39, 0.29) is 17.6 Å². The summed E-state index contributed by atoms with van der Waals surface area (Å²) in [6, 6.07) is 22.1. The number of hydrogen-bond donors (Lipinski definition) is 3. The Morgan fingerprint density at radius 2 is 1.57 bits per heavy atom. The van der Waals surface area contributed by atoms with Crippen molar-refractivity contribution in [3.05, 3.63) is 108 Å². The molecule has 0 fully saturated rings. The van der Waals surface area contributed by atoms with E-state index in [4.69, 9.17) is 4.74 Å². The van der Waals surface area contributed by atoms with Gasteiger partial charge in [-0.15, -0.1) is 5.10 Å². The molecule has 2 aromatic heterocycles. The first-order valence-electron chi connectivity index (χ1n) is 12.7. The maximum Gasteiger partial charge on any atom is 0.251 e. The third-order valence-electron chi connectivity index (χ3n) is 6.23. The molecule has 0 aliphatic carbocycles. The number of amides is 2. The lowest BCUT2D eigenvalue weighted by Crippen LogP contribution is -2.22. The number of carbonyl (C=O) groups is 2. The number of pyridine rings is 1. The van der Waals surface area contributed by atoms with E-state index >= 15 is 0 Å². The van der Waals surface area contributed by atoms with Crippen LogP contribution < -0.4 is 20.7 Å². The Hall–Kier alpha value is -5.25.